The fourth-order valence-corrected chi connectivity index (χ4v) is 11.0. The van der Waals surface area contributed by atoms with Crippen molar-refractivity contribution in [3.63, 3.8) is 0 Å². The highest BCUT2D eigenvalue weighted by atomic mass is 28.3. The molecule has 0 N–H and O–H groups in total. The zero-order valence-corrected chi connectivity index (χ0v) is 22.2. The second-order valence-electron chi connectivity index (χ2n) is 10.8. The minimum atomic E-state index is -1.95. The standard InChI is InChI=1S/C34H32Si/c1-23-19-29-17-15-27(25-11-7-5-8-12-25)21-31(29)33(23)35(3,4)34-24(2)20-30-18-16-28(22-32(30)34)26-13-9-6-10-14-26/h5-18,21-22H,19-20H2,1-4H3. The molecule has 0 unspecified atom stereocenters. The van der Waals surface area contributed by atoms with Crippen LogP contribution in [0.15, 0.2) is 108 Å². The van der Waals surface area contributed by atoms with Gasteiger partial charge < -0.3 is 0 Å². The van der Waals surface area contributed by atoms with Gasteiger partial charge in [-0.25, -0.2) is 0 Å². The van der Waals surface area contributed by atoms with E-state index in [1.54, 1.807) is 21.5 Å². The maximum Gasteiger partial charge on any atom is 0.113 e. The fourth-order valence-electron chi connectivity index (χ4n) is 6.62. The van der Waals surface area contributed by atoms with Crippen LogP contribution in [0.25, 0.3) is 32.6 Å². The van der Waals surface area contributed by atoms with Crippen molar-refractivity contribution in [3.05, 3.63) is 130 Å². The molecular formula is C34H32Si. The molecule has 6 rings (SSSR count). The number of rotatable bonds is 4. The van der Waals surface area contributed by atoms with Crippen molar-refractivity contribution in [3.8, 4) is 22.3 Å². The molecule has 4 aromatic rings. The number of fused-ring (bicyclic) bond motifs is 2. The summed E-state index contributed by atoms with van der Waals surface area (Å²) in [4.78, 5) is 0. The van der Waals surface area contributed by atoms with Crippen LogP contribution in [0.2, 0.25) is 13.1 Å². The average molecular weight is 469 g/mol. The van der Waals surface area contributed by atoms with Crippen LogP contribution in [0.4, 0.5) is 0 Å². The summed E-state index contributed by atoms with van der Waals surface area (Å²) in [5.41, 5.74) is 14.3. The van der Waals surface area contributed by atoms with E-state index in [0.717, 1.165) is 12.8 Å². The Morgan fingerprint density at radius 1 is 0.486 bits per heavy atom. The Labute approximate surface area is 210 Å². The summed E-state index contributed by atoms with van der Waals surface area (Å²) in [5.74, 6) is 0. The second-order valence-corrected chi connectivity index (χ2v) is 15.0. The quantitative estimate of drug-likeness (QED) is 0.262. The van der Waals surface area contributed by atoms with Gasteiger partial charge in [-0.05, 0) is 93.7 Å². The van der Waals surface area contributed by atoms with Gasteiger partial charge in [-0.15, -0.1) is 0 Å². The third-order valence-corrected chi connectivity index (χ3v) is 11.9. The zero-order valence-electron chi connectivity index (χ0n) is 21.2. The summed E-state index contributed by atoms with van der Waals surface area (Å²) in [5, 5.41) is 3.30. The normalized spacial score (nSPS) is 15.0. The van der Waals surface area contributed by atoms with Crippen molar-refractivity contribution in [2.75, 3.05) is 0 Å². The second kappa shape index (κ2) is 8.36. The Bertz CT molecular complexity index is 1390. The number of allylic oxidation sites excluding steroid dienone is 2. The van der Waals surface area contributed by atoms with E-state index in [2.05, 4.69) is 124 Å². The van der Waals surface area contributed by atoms with E-state index in [0.29, 0.717) is 0 Å². The Morgan fingerprint density at radius 2 is 0.886 bits per heavy atom. The van der Waals surface area contributed by atoms with Gasteiger partial charge in [-0.1, -0.05) is 109 Å². The molecule has 0 aliphatic heterocycles. The summed E-state index contributed by atoms with van der Waals surface area (Å²) in [7, 11) is -1.95. The van der Waals surface area contributed by atoms with Gasteiger partial charge in [0.25, 0.3) is 0 Å². The van der Waals surface area contributed by atoms with Crippen molar-refractivity contribution >= 4 is 18.5 Å². The summed E-state index contributed by atoms with van der Waals surface area (Å²) < 4.78 is 0. The maximum absolute atomic E-state index is 2.58. The topological polar surface area (TPSA) is 0 Å². The lowest BCUT2D eigenvalue weighted by atomic mass is 10.0. The van der Waals surface area contributed by atoms with E-state index in [1.807, 2.05) is 0 Å². The molecule has 0 heterocycles. The molecule has 0 aromatic heterocycles. The number of benzene rings is 4. The highest BCUT2D eigenvalue weighted by molar-refractivity contribution is 7.09. The van der Waals surface area contributed by atoms with Gasteiger partial charge in [0.15, 0.2) is 0 Å². The first-order chi connectivity index (χ1) is 16.9. The first kappa shape index (κ1) is 22.1. The van der Waals surface area contributed by atoms with E-state index in [1.165, 1.54) is 44.5 Å². The third kappa shape index (κ3) is 3.66. The molecular weight excluding hydrogens is 436 g/mol. The lowest BCUT2D eigenvalue weighted by Crippen LogP contribution is -2.31. The molecule has 0 nitrogen and oxygen atoms in total. The Kier molecular flexibility index (Phi) is 5.27. The monoisotopic (exact) mass is 468 g/mol. The number of hydrogen-bond acceptors (Lipinski definition) is 0. The molecule has 0 spiro atoms. The summed E-state index contributed by atoms with van der Waals surface area (Å²) >= 11 is 0. The predicted molar refractivity (Wildman–Crippen MR) is 154 cm³/mol. The maximum atomic E-state index is 2.58. The molecule has 0 fully saturated rings. The number of hydrogen-bond donors (Lipinski definition) is 0. The molecule has 2 aliphatic carbocycles. The lowest BCUT2D eigenvalue weighted by molar-refractivity contribution is 1.19. The van der Waals surface area contributed by atoms with Gasteiger partial charge in [0.1, 0.15) is 8.07 Å². The Morgan fingerprint density at radius 3 is 1.29 bits per heavy atom. The average Bonchev–Trinajstić information content (AvgIpc) is 3.39. The van der Waals surface area contributed by atoms with Gasteiger partial charge >= 0.3 is 0 Å². The van der Waals surface area contributed by atoms with Gasteiger partial charge in [0.2, 0.25) is 0 Å². The smallest absolute Gasteiger partial charge is 0.0686 e. The third-order valence-electron chi connectivity index (χ3n) is 7.99. The van der Waals surface area contributed by atoms with Gasteiger partial charge in [0.05, 0.1) is 0 Å². The minimum absolute atomic E-state index is 1.08. The van der Waals surface area contributed by atoms with Crippen LogP contribution in [-0.2, 0) is 12.8 Å². The van der Waals surface area contributed by atoms with E-state index >= 15 is 0 Å². The van der Waals surface area contributed by atoms with Crippen molar-refractivity contribution in [2.45, 2.75) is 39.8 Å². The molecule has 1 heteroatoms. The molecule has 0 bridgehead atoms. The molecule has 0 saturated carbocycles. The summed E-state index contributed by atoms with van der Waals surface area (Å²) in [6.07, 6.45) is 2.17. The van der Waals surface area contributed by atoms with Crippen LogP contribution in [0.1, 0.15) is 36.1 Å². The van der Waals surface area contributed by atoms with E-state index in [-0.39, 0.29) is 0 Å². The van der Waals surface area contributed by atoms with Gasteiger partial charge in [-0.2, -0.15) is 0 Å². The highest BCUT2D eigenvalue weighted by Gasteiger charge is 2.40. The zero-order chi connectivity index (χ0) is 24.2. The van der Waals surface area contributed by atoms with Crippen molar-refractivity contribution in [1.29, 1.82) is 0 Å². The molecule has 172 valence electrons. The minimum Gasteiger partial charge on any atom is -0.0686 e. The fraction of sp³-hybridized carbons (Fsp3) is 0.176. The highest BCUT2D eigenvalue weighted by Crippen LogP contribution is 2.49. The lowest BCUT2D eigenvalue weighted by Gasteiger charge is -2.30. The SMILES string of the molecule is CC1=C([Si](C)(C)C2=C(C)Cc3ccc(-c4ccccc4)cc32)c2cc(-c3ccccc3)ccc2C1. The first-order valence-corrected chi connectivity index (χ1v) is 15.7. The van der Waals surface area contributed by atoms with Crippen molar-refractivity contribution in [2.24, 2.45) is 0 Å². The molecule has 0 radical (unpaired) electrons. The summed E-state index contributed by atoms with van der Waals surface area (Å²) in [6.45, 7) is 9.91. The van der Waals surface area contributed by atoms with Crippen LogP contribution >= 0.6 is 0 Å². The first-order valence-electron chi connectivity index (χ1n) is 12.7. The van der Waals surface area contributed by atoms with E-state index in [4.69, 9.17) is 0 Å². The van der Waals surface area contributed by atoms with Crippen molar-refractivity contribution < 1.29 is 0 Å². The molecule has 35 heavy (non-hydrogen) atoms. The van der Waals surface area contributed by atoms with E-state index < -0.39 is 8.07 Å². The molecule has 4 aromatic carbocycles. The largest absolute Gasteiger partial charge is 0.113 e. The van der Waals surface area contributed by atoms with Crippen LogP contribution in [0.5, 0.6) is 0 Å². The molecule has 0 atom stereocenters. The predicted octanol–water partition coefficient (Wildman–Crippen LogP) is 9.17. The summed E-state index contributed by atoms with van der Waals surface area (Å²) in [6, 6.07) is 35.9. The van der Waals surface area contributed by atoms with Crippen LogP contribution in [-0.4, -0.2) is 8.07 Å². The van der Waals surface area contributed by atoms with Crippen LogP contribution in [0.3, 0.4) is 0 Å². The molecule has 0 amide bonds. The van der Waals surface area contributed by atoms with Crippen LogP contribution in [0, 0.1) is 0 Å². The Balaban J connectivity index is 1.46. The molecule has 0 saturated heterocycles. The van der Waals surface area contributed by atoms with Gasteiger partial charge in [0, 0.05) is 0 Å². The molecule has 2 aliphatic rings. The van der Waals surface area contributed by atoms with Gasteiger partial charge in [-0.3, -0.25) is 0 Å². The van der Waals surface area contributed by atoms with Crippen molar-refractivity contribution in [1.82, 2.24) is 0 Å². The van der Waals surface area contributed by atoms with Crippen LogP contribution < -0.4 is 0 Å². The van der Waals surface area contributed by atoms with E-state index in [9.17, 15) is 0 Å². The Hall–Kier alpha value is -3.42.